The Labute approximate surface area is 120 Å². The molecule has 2 amide bonds. The first-order chi connectivity index (χ1) is 9.71. The summed E-state index contributed by atoms with van der Waals surface area (Å²) in [6, 6.07) is 7.59. The highest BCUT2D eigenvalue weighted by Gasteiger charge is 2.09. The van der Waals surface area contributed by atoms with Crippen LogP contribution in [-0.4, -0.2) is 37.4 Å². The van der Waals surface area contributed by atoms with Crippen molar-refractivity contribution in [3.63, 3.8) is 0 Å². The van der Waals surface area contributed by atoms with Crippen molar-refractivity contribution < 1.29 is 14.6 Å². The standard InChI is InChI=1S/C15H24N2O3/c1-3-13(9-11-18)17-15(19)16-10-8-12-6-4-5-7-14(12)20-2/h4-7,13,18H,3,8-11H2,1-2H3,(H2,16,17,19). The fraction of sp³-hybridized carbons (Fsp3) is 0.533. The van der Waals surface area contributed by atoms with Crippen molar-refractivity contribution in [2.45, 2.75) is 32.2 Å². The van der Waals surface area contributed by atoms with Crippen LogP contribution in [0.25, 0.3) is 0 Å². The van der Waals surface area contributed by atoms with Crippen molar-refractivity contribution in [1.29, 1.82) is 0 Å². The lowest BCUT2D eigenvalue weighted by atomic mass is 10.1. The lowest BCUT2D eigenvalue weighted by Gasteiger charge is -2.16. The van der Waals surface area contributed by atoms with Crippen LogP contribution in [0.3, 0.4) is 0 Å². The average molecular weight is 280 g/mol. The lowest BCUT2D eigenvalue weighted by Crippen LogP contribution is -2.42. The van der Waals surface area contributed by atoms with E-state index in [9.17, 15) is 4.79 Å². The molecule has 0 radical (unpaired) electrons. The molecule has 0 bridgehead atoms. The molecular formula is C15H24N2O3. The Balaban J connectivity index is 2.34. The zero-order valence-corrected chi connectivity index (χ0v) is 12.2. The first-order valence-electron chi connectivity index (χ1n) is 6.98. The maximum Gasteiger partial charge on any atom is 0.315 e. The summed E-state index contributed by atoms with van der Waals surface area (Å²) in [4.78, 5) is 11.7. The van der Waals surface area contributed by atoms with Crippen LogP contribution in [0, 0.1) is 0 Å². The molecule has 0 fully saturated rings. The highest BCUT2D eigenvalue weighted by atomic mass is 16.5. The molecule has 1 unspecified atom stereocenters. The van der Waals surface area contributed by atoms with Gasteiger partial charge in [-0.2, -0.15) is 0 Å². The Bertz CT molecular complexity index is 410. The number of carbonyl (C=O) groups is 1. The van der Waals surface area contributed by atoms with Gasteiger partial charge in [0.1, 0.15) is 5.75 Å². The minimum Gasteiger partial charge on any atom is -0.496 e. The van der Waals surface area contributed by atoms with E-state index in [0.29, 0.717) is 19.4 Å². The van der Waals surface area contributed by atoms with Gasteiger partial charge in [-0.3, -0.25) is 0 Å². The molecule has 1 atom stereocenters. The molecule has 5 heteroatoms. The van der Waals surface area contributed by atoms with Gasteiger partial charge in [-0.25, -0.2) is 4.79 Å². The minimum absolute atomic E-state index is 0.0197. The highest BCUT2D eigenvalue weighted by molar-refractivity contribution is 5.74. The van der Waals surface area contributed by atoms with Gasteiger partial charge in [0, 0.05) is 19.2 Å². The summed E-state index contributed by atoms with van der Waals surface area (Å²) in [6.45, 7) is 2.61. The number of hydrogen-bond acceptors (Lipinski definition) is 3. The van der Waals surface area contributed by atoms with Gasteiger partial charge in [-0.15, -0.1) is 0 Å². The third-order valence-electron chi connectivity index (χ3n) is 3.18. The molecule has 0 spiro atoms. The number of carbonyl (C=O) groups excluding carboxylic acids is 1. The van der Waals surface area contributed by atoms with Crippen LogP contribution in [0.1, 0.15) is 25.3 Å². The van der Waals surface area contributed by atoms with E-state index in [2.05, 4.69) is 10.6 Å². The van der Waals surface area contributed by atoms with E-state index in [1.54, 1.807) is 7.11 Å². The van der Waals surface area contributed by atoms with Crippen LogP contribution < -0.4 is 15.4 Å². The molecule has 1 aromatic rings. The number of amides is 2. The second-order valence-corrected chi connectivity index (χ2v) is 4.58. The van der Waals surface area contributed by atoms with Gasteiger partial charge >= 0.3 is 6.03 Å². The van der Waals surface area contributed by atoms with E-state index >= 15 is 0 Å². The maximum absolute atomic E-state index is 11.7. The molecule has 0 aromatic heterocycles. The summed E-state index contributed by atoms with van der Waals surface area (Å²) in [5.41, 5.74) is 1.07. The summed E-state index contributed by atoms with van der Waals surface area (Å²) in [6.07, 6.45) is 2.10. The van der Waals surface area contributed by atoms with Gasteiger partial charge in [-0.05, 0) is 30.9 Å². The SMILES string of the molecule is CCC(CCO)NC(=O)NCCc1ccccc1OC. The smallest absolute Gasteiger partial charge is 0.315 e. The molecular weight excluding hydrogens is 256 g/mol. The van der Waals surface area contributed by atoms with E-state index in [1.807, 2.05) is 31.2 Å². The first kappa shape index (κ1) is 16.3. The van der Waals surface area contributed by atoms with E-state index in [0.717, 1.165) is 17.7 Å². The van der Waals surface area contributed by atoms with E-state index in [-0.39, 0.29) is 18.7 Å². The molecule has 5 nitrogen and oxygen atoms in total. The Morgan fingerprint density at radius 1 is 1.40 bits per heavy atom. The highest BCUT2D eigenvalue weighted by Crippen LogP contribution is 2.17. The van der Waals surface area contributed by atoms with Crippen LogP contribution in [-0.2, 0) is 6.42 Å². The fourth-order valence-corrected chi connectivity index (χ4v) is 1.99. The average Bonchev–Trinajstić information content (AvgIpc) is 2.47. The number of para-hydroxylation sites is 1. The third kappa shape index (κ3) is 5.48. The van der Waals surface area contributed by atoms with Crippen LogP contribution in [0.5, 0.6) is 5.75 Å². The minimum atomic E-state index is -0.194. The van der Waals surface area contributed by atoms with Crippen molar-refractivity contribution in [1.82, 2.24) is 10.6 Å². The van der Waals surface area contributed by atoms with E-state index in [1.165, 1.54) is 0 Å². The fourth-order valence-electron chi connectivity index (χ4n) is 1.99. The molecule has 3 N–H and O–H groups in total. The van der Waals surface area contributed by atoms with E-state index in [4.69, 9.17) is 9.84 Å². The number of rotatable bonds is 8. The monoisotopic (exact) mass is 280 g/mol. The molecule has 0 saturated carbocycles. The molecule has 0 aliphatic carbocycles. The molecule has 1 aromatic carbocycles. The Morgan fingerprint density at radius 3 is 2.80 bits per heavy atom. The van der Waals surface area contributed by atoms with Crippen molar-refractivity contribution in [2.75, 3.05) is 20.3 Å². The van der Waals surface area contributed by atoms with Crippen LogP contribution in [0.2, 0.25) is 0 Å². The number of aliphatic hydroxyl groups is 1. The van der Waals surface area contributed by atoms with Gasteiger partial charge in [0.15, 0.2) is 0 Å². The molecule has 0 aliphatic heterocycles. The molecule has 20 heavy (non-hydrogen) atoms. The zero-order chi connectivity index (χ0) is 14.8. The number of hydrogen-bond donors (Lipinski definition) is 3. The second kappa shape index (κ2) is 9.20. The number of benzene rings is 1. The molecule has 0 saturated heterocycles. The first-order valence-corrected chi connectivity index (χ1v) is 6.98. The van der Waals surface area contributed by atoms with Crippen molar-refractivity contribution in [2.24, 2.45) is 0 Å². The predicted molar refractivity (Wildman–Crippen MR) is 79.0 cm³/mol. The van der Waals surface area contributed by atoms with Gasteiger partial charge in [0.05, 0.1) is 7.11 Å². The summed E-state index contributed by atoms with van der Waals surface area (Å²) < 4.78 is 5.26. The third-order valence-corrected chi connectivity index (χ3v) is 3.18. The summed E-state index contributed by atoms with van der Waals surface area (Å²) in [7, 11) is 1.64. The topological polar surface area (TPSA) is 70.6 Å². The zero-order valence-electron chi connectivity index (χ0n) is 12.2. The molecule has 1 rings (SSSR count). The molecule has 0 aliphatic rings. The van der Waals surface area contributed by atoms with Crippen LogP contribution in [0.15, 0.2) is 24.3 Å². The normalized spacial score (nSPS) is 11.8. The van der Waals surface area contributed by atoms with Gasteiger partial charge in [0.25, 0.3) is 0 Å². The molecule has 112 valence electrons. The number of aliphatic hydroxyl groups excluding tert-OH is 1. The summed E-state index contributed by atoms with van der Waals surface area (Å²) >= 11 is 0. The van der Waals surface area contributed by atoms with Gasteiger partial charge in [0.2, 0.25) is 0 Å². The Hall–Kier alpha value is -1.75. The quantitative estimate of drug-likeness (QED) is 0.679. The number of ether oxygens (including phenoxy) is 1. The van der Waals surface area contributed by atoms with E-state index < -0.39 is 0 Å². The lowest BCUT2D eigenvalue weighted by molar-refractivity contribution is 0.228. The second-order valence-electron chi connectivity index (χ2n) is 4.58. The van der Waals surface area contributed by atoms with Crippen molar-refractivity contribution in [3.05, 3.63) is 29.8 Å². The van der Waals surface area contributed by atoms with Gasteiger partial charge in [-0.1, -0.05) is 25.1 Å². The van der Waals surface area contributed by atoms with Crippen LogP contribution in [0.4, 0.5) is 4.79 Å². The number of methoxy groups -OCH3 is 1. The number of urea groups is 1. The van der Waals surface area contributed by atoms with Crippen LogP contribution >= 0.6 is 0 Å². The predicted octanol–water partition coefficient (Wildman–Crippen LogP) is 1.70. The maximum atomic E-state index is 11.7. The Morgan fingerprint density at radius 2 is 2.15 bits per heavy atom. The summed E-state index contributed by atoms with van der Waals surface area (Å²) in [5, 5.41) is 14.5. The largest absolute Gasteiger partial charge is 0.496 e. The Kier molecular flexibility index (Phi) is 7.50. The van der Waals surface area contributed by atoms with Gasteiger partial charge < -0.3 is 20.5 Å². The number of nitrogens with one attached hydrogen (secondary N) is 2. The summed E-state index contributed by atoms with van der Waals surface area (Å²) in [5.74, 6) is 0.835. The molecule has 0 heterocycles. The van der Waals surface area contributed by atoms with Crippen molar-refractivity contribution >= 4 is 6.03 Å². The van der Waals surface area contributed by atoms with Crippen molar-refractivity contribution in [3.8, 4) is 5.75 Å².